The molecule has 1 aliphatic carbocycles. The molecule has 0 unspecified atom stereocenters. The van der Waals surface area contributed by atoms with Crippen LogP contribution in [0.2, 0.25) is 0 Å². The van der Waals surface area contributed by atoms with Crippen LogP contribution in [0, 0.1) is 17.1 Å². The predicted octanol–water partition coefficient (Wildman–Crippen LogP) is 6.97. The van der Waals surface area contributed by atoms with E-state index < -0.39 is 5.82 Å². The lowest BCUT2D eigenvalue weighted by molar-refractivity contribution is 0.414. The first-order chi connectivity index (χ1) is 15.7. The van der Waals surface area contributed by atoms with Crippen molar-refractivity contribution in [3.8, 4) is 28.8 Å². The lowest BCUT2D eigenvalue weighted by Crippen LogP contribution is -2.00. The molecule has 1 saturated carbocycles. The highest BCUT2D eigenvalue weighted by Gasteiger charge is 2.13. The third-order valence-corrected chi connectivity index (χ3v) is 5.17. The number of benzene rings is 2. The van der Waals surface area contributed by atoms with E-state index in [2.05, 4.69) is 10.4 Å². The number of aromatic nitrogens is 2. The Morgan fingerprint density at radius 1 is 0.969 bits per heavy atom. The fourth-order valence-electron chi connectivity index (χ4n) is 3.45. The Morgan fingerprint density at radius 3 is 2.03 bits per heavy atom. The van der Waals surface area contributed by atoms with Crippen molar-refractivity contribution in [2.24, 2.45) is 0 Å². The number of nitriles is 1. The fourth-order valence-corrected chi connectivity index (χ4v) is 3.45. The molecule has 4 rings (SSSR count). The normalized spacial score (nSPS) is 12.4. The minimum Gasteiger partial charge on any atom is -0.497 e. The van der Waals surface area contributed by atoms with Crippen LogP contribution >= 0.6 is 0 Å². The van der Waals surface area contributed by atoms with Crippen molar-refractivity contribution < 1.29 is 9.13 Å². The Kier molecular flexibility index (Phi) is 10.3. The Balaban J connectivity index is 0.000000387. The van der Waals surface area contributed by atoms with Crippen LogP contribution < -0.4 is 10.1 Å². The molecule has 3 aromatic rings. The molecule has 2 aromatic carbocycles. The first-order valence-electron chi connectivity index (χ1n) is 11.3. The zero-order valence-corrected chi connectivity index (χ0v) is 19.5. The quantitative estimate of drug-likeness (QED) is 0.480. The van der Waals surface area contributed by atoms with Gasteiger partial charge < -0.3 is 10.1 Å². The van der Waals surface area contributed by atoms with Gasteiger partial charge in [-0.1, -0.05) is 58.4 Å². The number of ether oxygens (including phenoxy) is 1. The smallest absolute Gasteiger partial charge is 0.148 e. The van der Waals surface area contributed by atoms with Crippen LogP contribution in [-0.4, -0.2) is 23.9 Å². The molecule has 170 valence electrons. The SMILES string of the molecule is C1CCCCC1.CC.CNc1cc(-c2ccc(C#N)c(F)c2)n(-c2ccc(OC)cc2)n1. The van der Waals surface area contributed by atoms with Crippen LogP contribution in [0.1, 0.15) is 57.9 Å². The number of nitrogens with one attached hydrogen (secondary N) is 1. The highest BCUT2D eigenvalue weighted by Crippen LogP contribution is 2.28. The second-order valence-electron chi connectivity index (χ2n) is 7.20. The first kappa shape index (κ1) is 24.9. The Hall–Kier alpha value is -3.33. The molecule has 0 amide bonds. The van der Waals surface area contributed by atoms with Crippen molar-refractivity contribution in [3.05, 3.63) is 59.9 Å². The van der Waals surface area contributed by atoms with E-state index in [9.17, 15) is 4.39 Å². The number of nitrogens with zero attached hydrogens (tertiary/aromatic N) is 3. The highest BCUT2D eigenvalue weighted by atomic mass is 19.1. The molecule has 1 aromatic heterocycles. The summed E-state index contributed by atoms with van der Waals surface area (Å²) in [6, 6.07) is 15.6. The molecule has 0 saturated heterocycles. The van der Waals surface area contributed by atoms with E-state index in [0.717, 1.165) is 11.4 Å². The lowest BCUT2D eigenvalue weighted by atomic mass is 10.0. The summed E-state index contributed by atoms with van der Waals surface area (Å²) in [5.74, 6) is 0.847. The standard InChI is InChI=1S/C18H15FN4O.C6H12.C2H6/c1-21-18-10-17(12-3-4-13(11-20)16(19)9-12)23(22-18)14-5-7-15(24-2)8-6-14;1-2-4-6-5-3-1;1-2/h3-10H,1-2H3,(H,21,22);1-6H2;1-2H3. The van der Waals surface area contributed by atoms with Crippen LogP contribution in [-0.2, 0) is 0 Å². The van der Waals surface area contributed by atoms with E-state index in [4.69, 9.17) is 10.00 Å². The van der Waals surface area contributed by atoms with Crippen LogP contribution in [0.25, 0.3) is 16.9 Å². The summed E-state index contributed by atoms with van der Waals surface area (Å²) in [5.41, 5.74) is 2.18. The van der Waals surface area contributed by atoms with Gasteiger partial charge in [-0.15, -0.1) is 5.10 Å². The summed E-state index contributed by atoms with van der Waals surface area (Å²) in [5, 5.41) is 16.3. The first-order valence-corrected chi connectivity index (χ1v) is 11.3. The van der Waals surface area contributed by atoms with Gasteiger partial charge in [-0.05, 0) is 36.4 Å². The molecular formula is C26H33FN4O. The van der Waals surface area contributed by atoms with Gasteiger partial charge in [-0.2, -0.15) is 5.26 Å². The number of hydrogen-bond acceptors (Lipinski definition) is 4. The zero-order chi connectivity index (χ0) is 23.3. The van der Waals surface area contributed by atoms with Crippen molar-refractivity contribution >= 4 is 5.82 Å². The van der Waals surface area contributed by atoms with E-state index in [1.165, 1.54) is 50.7 Å². The fraction of sp³-hybridized carbons (Fsp3) is 0.385. The van der Waals surface area contributed by atoms with E-state index >= 15 is 0 Å². The average molecular weight is 437 g/mol. The Morgan fingerprint density at radius 2 is 1.56 bits per heavy atom. The highest BCUT2D eigenvalue weighted by molar-refractivity contribution is 5.67. The number of anilines is 1. The van der Waals surface area contributed by atoms with Crippen LogP contribution in [0.15, 0.2) is 48.5 Å². The lowest BCUT2D eigenvalue weighted by Gasteiger charge is -2.09. The van der Waals surface area contributed by atoms with Crippen molar-refractivity contribution in [2.75, 3.05) is 19.5 Å². The number of rotatable bonds is 4. The van der Waals surface area contributed by atoms with Crippen molar-refractivity contribution in [3.63, 3.8) is 0 Å². The molecule has 0 radical (unpaired) electrons. The van der Waals surface area contributed by atoms with Gasteiger partial charge in [0, 0.05) is 18.7 Å². The maximum atomic E-state index is 14.0. The molecule has 0 aliphatic heterocycles. The van der Waals surface area contributed by atoms with Crippen LogP contribution in [0.4, 0.5) is 10.2 Å². The summed E-state index contributed by atoms with van der Waals surface area (Å²) in [7, 11) is 3.37. The summed E-state index contributed by atoms with van der Waals surface area (Å²) < 4.78 is 20.9. The number of halogens is 1. The Labute approximate surface area is 190 Å². The molecule has 32 heavy (non-hydrogen) atoms. The minimum absolute atomic E-state index is 0.0168. The zero-order valence-electron chi connectivity index (χ0n) is 19.5. The number of methoxy groups -OCH3 is 1. The van der Waals surface area contributed by atoms with Crippen molar-refractivity contribution in [1.82, 2.24) is 9.78 Å². The second kappa shape index (κ2) is 13.2. The van der Waals surface area contributed by atoms with Gasteiger partial charge in [-0.25, -0.2) is 9.07 Å². The molecule has 6 heteroatoms. The second-order valence-corrected chi connectivity index (χ2v) is 7.20. The summed E-state index contributed by atoms with van der Waals surface area (Å²) in [6.07, 6.45) is 9.00. The third-order valence-electron chi connectivity index (χ3n) is 5.17. The Bertz CT molecular complexity index is 990. The van der Waals surface area contributed by atoms with E-state index in [1.54, 1.807) is 24.9 Å². The summed E-state index contributed by atoms with van der Waals surface area (Å²) in [6.45, 7) is 4.00. The largest absolute Gasteiger partial charge is 0.497 e. The molecule has 1 N–H and O–H groups in total. The number of hydrogen-bond donors (Lipinski definition) is 1. The molecule has 1 aliphatic rings. The maximum absolute atomic E-state index is 14.0. The van der Waals surface area contributed by atoms with Gasteiger partial charge in [0.05, 0.1) is 24.1 Å². The molecule has 0 atom stereocenters. The van der Waals surface area contributed by atoms with E-state index in [1.807, 2.05) is 50.2 Å². The van der Waals surface area contributed by atoms with E-state index in [-0.39, 0.29) is 5.56 Å². The topological polar surface area (TPSA) is 62.9 Å². The van der Waals surface area contributed by atoms with Gasteiger partial charge >= 0.3 is 0 Å². The monoisotopic (exact) mass is 436 g/mol. The predicted molar refractivity (Wildman–Crippen MR) is 129 cm³/mol. The van der Waals surface area contributed by atoms with E-state index in [0.29, 0.717) is 17.1 Å². The maximum Gasteiger partial charge on any atom is 0.148 e. The molecule has 0 bridgehead atoms. The molecule has 5 nitrogen and oxygen atoms in total. The molecule has 1 fully saturated rings. The molecule has 0 spiro atoms. The average Bonchev–Trinajstić information content (AvgIpc) is 3.31. The van der Waals surface area contributed by atoms with Crippen LogP contribution in [0.3, 0.4) is 0 Å². The minimum atomic E-state index is -0.552. The van der Waals surface area contributed by atoms with Crippen LogP contribution in [0.5, 0.6) is 5.75 Å². The van der Waals surface area contributed by atoms with Crippen molar-refractivity contribution in [1.29, 1.82) is 5.26 Å². The molecular weight excluding hydrogens is 403 g/mol. The summed E-state index contributed by atoms with van der Waals surface area (Å²) >= 11 is 0. The molecule has 1 heterocycles. The van der Waals surface area contributed by atoms with Crippen molar-refractivity contribution in [2.45, 2.75) is 52.4 Å². The van der Waals surface area contributed by atoms with Gasteiger partial charge in [-0.3, -0.25) is 0 Å². The van der Waals surface area contributed by atoms with Gasteiger partial charge in [0.2, 0.25) is 0 Å². The third kappa shape index (κ3) is 6.58. The van der Waals surface area contributed by atoms with Gasteiger partial charge in [0.1, 0.15) is 23.5 Å². The van der Waals surface area contributed by atoms with Gasteiger partial charge in [0.15, 0.2) is 0 Å². The van der Waals surface area contributed by atoms with Gasteiger partial charge in [0.25, 0.3) is 0 Å². The summed E-state index contributed by atoms with van der Waals surface area (Å²) in [4.78, 5) is 0.